The molecule has 5 N–H and O–H groups in total. The second kappa shape index (κ2) is 9.40. The lowest BCUT2D eigenvalue weighted by Gasteiger charge is -2.11. The quantitative estimate of drug-likeness (QED) is 0.373. The Morgan fingerprint density at radius 1 is 1.06 bits per heavy atom. The largest absolute Gasteiger partial charge is 0.326 e. The summed E-state index contributed by atoms with van der Waals surface area (Å²) in [6, 6.07) is 20.3. The number of hydrogen-bond acceptors (Lipinski definition) is 5. The highest BCUT2D eigenvalue weighted by Gasteiger charge is 2.18. The smallest absolute Gasteiger partial charge is 0.274 e. The molecule has 0 aliphatic rings. The topological polar surface area (TPSA) is 133 Å². The maximum absolute atomic E-state index is 13.1. The van der Waals surface area contributed by atoms with E-state index in [4.69, 9.17) is 22.5 Å². The first-order valence-electron chi connectivity index (χ1n) is 10.3. The summed E-state index contributed by atoms with van der Waals surface area (Å²) in [5.41, 5.74) is 9.84. The molecule has 1 amide bonds. The zero-order chi connectivity index (χ0) is 24.5. The van der Waals surface area contributed by atoms with Crippen molar-refractivity contribution in [2.24, 2.45) is 10.9 Å². The normalized spacial score (nSPS) is 11.4. The zero-order valence-electron chi connectivity index (χ0n) is 18.2. The number of halogens is 1. The van der Waals surface area contributed by atoms with Gasteiger partial charge in [-0.25, -0.2) is 18.2 Å². The predicted molar refractivity (Wildman–Crippen MR) is 132 cm³/mol. The van der Waals surface area contributed by atoms with Crippen LogP contribution in [0.2, 0.25) is 5.02 Å². The van der Waals surface area contributed by atoms with Gasteiger partial charge in [0.15, 0.2) is 0 Å². The van der Waals surface area contributed by atoms with Gasteiger partial charge >= 0.3 is 0 Å². The van der Waals surface area contributed by atoms with Crippen molar-refractivity contribution in [3.8, 4) is 16.8 Å². The fourth-order valence-corrected chi connectivity index (χ4v) is 4.54. The number of benzene rings is 3. The van der Waals surface area contributed by atoms with Gasteiger partial charge in [0.1, 0.15) is 5.69 Å². The van der Waals surface area contributed by atoms with Crippen LogP contribution in [0.25, 0.3) is 16.8 Å². The molecular formula is C24H22ClN5O3S. The Morgan fingerprint density at radius 3 is 2.44 bits per heavy atom. The van der Waals surface area contributed by atoms with Gasteiger partial charge < -0.3 is 11.1 Å². The number of nitrogens with one attached hydrogen (secondary N) is 1. The molecule has 4 rings (SSSR count). The highest BCUT2D eigenvalue weighted by molar-refractivity contribution is 7.89. The molecule has 0 radical (unpaired) electrons. The number of nitrogens with two attached hydrogens (primary N) is 2. The van der Waals surface area contributed by atoms with Crippen molar-refractivity contribution in [3.05, 3.63) is 94.8 Å². The van der Waals surface area contributed by atoms with E-state index in [0.29, 0.717) is 38.9 Å². The van der Waals surface area contributed by atoms with Crippen LogP contribution in [0.4, 0.5) is 5.69 Å². The summed E-state index contributed by atoms with van der Waals surface area (Å²) in [4.78, 5) is 13.1. The van der Waals surface area contributed by atoms with E-state index in [9.17, 15) is 13.2 Å². The summed E-state index contributed by atoms with van der Waals surface area (Å²) < 4.78 is 25.3. The molecule has 0 unspecified atom stereocenters. The van der Waals surface area contributed by atoms with Crippen LogP contribution in [0, 0.1) is 6.92 Å². The molecule has 0 aliphatic carbocycles. The third-order valence-electron chi connectivity index (χ3n) is 5.21. The first-order valence-corrected chi connectivity index (χ1v) is 12.2. The molecule has 4 aromatic rings. The fraction of sp³-hybridized carbons (Fsp3) is 0.0833. The minimum Gasteiger partial charge on any atom is -0.326 e. The number of carbonyl (C=O) groups excluding carboxylic acids is 1. The van der Waals surface area contributed by atoms with Gasteiger partial charge in [-0.3, -0.25) is 4.79 Å². The first kappa shape index (κ1) is 23.7. The van der Waals surface area contributed by atoms with Crippen LogP contribution in [0.3, 0.4) is 0 Å². The van der Waals surface area contributed by atoms with Crippen LogP contribution in [-0.4, -0.2) is 24.1 Å². The van der Waals surface area contributed by atoms with Gasteiger partial charge in [-0.15, -0.1) is 0 Å². The number of sulfonamides is 1. The summed E-state index contributed by atoms with van der Waals surface area (Å²) in [6.45, 7) is 2.06. The Bertz CT molecular complexity index is 1480. The van der Waals surface area contributed by atoms with Gasteiger partial charge in [-0.2, -0.15) is 5.10 Å². The van der Waals surface area contributed by atoms with Gasteiger partial charge in [-0.05, 0) is 60.5 Å². The Morgan fingerprint density at radius 2 is 1.76 bits per heavy atom. The summed E-state index contributed by atoms with van der Waals surface area (Å²) in [5, 5.41) is 13.2. The van der Waals surface area contributed by atoms with Gasteiger partial charge in [0.05, 0.1) is 16.3 Å². The SMILES string of the molecule is Cc1cc(C(=O)Nc2ccc(-c3ccccc3S(N)(=O)=O)cc2)n(-c2ccc(Cl)c(CN)c2)n1. The summed E-state index contributed by atoms with van der Waals surface area (Å²) in [7, 11) is -3.88. The van der Waals surface area contributed by atoms with Crippen molar-refractivity contribution in [1.29, 1.82) is 0 Å². The number of aromatic nitrogens is 2. The maximum atomic E-state index is 13.1. The van der Waals surface area contributed by atoms with E-state index in [-0.39, 0.29) is 17.3 Å². The van der Waals surface area contributed by atoms with Crippen molar-refractivity contribution < 1.29 is 13.2 Å². The van der Waals surface area contributed by atoms with Crippen molar-refractivity contribution in [3.63, 3.8) is 0 Å². The Balaban J connectivity index is 1.61. The lowest BCUT2D eigenvalue weighted by atomic mass is 10.1. The van der Waals surface area contributed by atoms with Gasteiger partial charge in [0.25, 0.3) is 5.91 Å². The number of primary sulfonamides is 1. The molecular weight excluding hydrogens is 474 g/mol. The minimum absolute atomic E-state index is 0.0333. The summed E-state index contributed by atoms with van der Waals surface area (Å²) in [5.74, 6) is -0.359. The second-order valence-electron chi connectivity index (χ2n) is 7.64. The molecule has 0 spiro atoms. The molecule has 0 aliphatic heterocycles. The summed E-state index contributed by atoms with van der Waals surface area (Å²) in [6.07, 6.45) is 0. The first-order chi connectivity index (χ1) is 16.2. The number of aryl methyl sites for hydroxylation is 1. The number of amides is 1. The molecule has 10 heteroatoms. The van der Waals surface area contributed by atoms with Crippen molar-refractivity contribution >= 4 is 33.2 Å². The highest BCUT2D eigenvalue weighted by atomic mass is 35.5. The molecule has 0 fully saturated rings. The summed E-state index contributed by atoms with van der Waals surface area (Å²) >= 11 is 6.16. The molecule has 0 saturated carbocycles. The van der Waals surface area contributed by atoms with Crippen LogP contribution >= 0.6 is 11.6 Å². The molecule has 174 valence electrons. The van der Waals surface area contributed by atoms with E-state index >= 15 is 0 Å². The highest BCUT2D eigenvalue weighted by Crippen LogP contribution is 2.28. The third-order valence-corrected chi connectivity index (χ3v) is 6.54. The molecule has 8 nitrogen and oxygen atoms in total. The van der Waals surface area contributed by atoms with Crippen molar-refractivity contribution in [2.45, 2.75) is 18.4 Å². The number of anilines is 1. The molecule has 3 aromatic carbocycles. The molecule has 0 saturated heterocycles. The molecule has 34 heavy (non-hydrogen) atoms. The minimum atomic E-state index is -3.88. The number of carbonyl (C=O) groups is 1. The standard InChI is InChI=1S/C24H22ClN5O3S/c1-15-12-22(30(29-15)19-10-11-21(25)17(13-19)14-26)24(31)28-18-8-6-16(7-9-18)20-4-2-3-5-23(20)34(27,32)33/h2-13H,14,26H2,1H3,(H,28,31)(H2,27,32,33). The monoisotopic (exact) mass is 495 g/mol. The number of nitrogens with zero attached hydrogens (tertiary/aromatic N) is 2. The van der Waals surface area contributed by atoms with Crippen LogP contribution < -0.4 is 16.2 Å². The molecule has 1 aromatic heterocycles. The van der Waals surface area contributed by atoms with Crippen LogP contribution in [-0.2, 0) is 16.6 Å². The van der Waals surface area contributed by atoms with E-state index < -0.39 is 10.0 Å². The third kappa shape index (κ3) is 4.87. The average molecular weight is 496 g/mol. The fourth-order valence-electron chi connectivity index (χ4n) is 3.59. The predicted octanol–water partition coefficient (Wildman–Crippen LogP) is 3.86. The number of rotatable bonds is 6. The van der Waals surface area contributed by atoms with E-state index in [1.807, 2.05) is 0 Å². The van der Waals surface area contributed by atoms with Crippen LogP contribution in [0.15, 0.2) is 77.7 Å². The second-order valence-corrected chi connectivity index (χ2v) is 9.57. The Kier molecular flexibility index (Phi) is 6.54. The molecule has 0 bridgehead atoms. The number of hydrogen-bond donors (Lipinski definition) is 3. The van der Waals surface area contributed by atoms with E-state index in [1.54, 1.807) is 73.7 Å². The van der Waals surface area contributed by atoms with E-state index in [0.717, 1.165) is 5.56 Å². The maximum Gasteiger partial charge on any atom is 0.274 e. The molecule has 0 atom stereocenters. The van der Waals surface area contributed by atoms with Crippen molar-refractivity contribution in [2.75, 3.05) is 5.32 Å². The van der Waals surface area contributed by atoms with Gasteiger partial charge in [-0.1, -0.05) is 41.9 Å². The van der Waals surface area contributed by atoms with Gasteiger partial charge in [0, 0.05) is 22.8 Å². The zero-order valence-corrected chi connectivity index (χ0v) is 19.8. The van der Waals surface area contributed by atoms with E-state index in [1.165, 1.54) is 10.7 Å². The lowest BCUT2D eigenvalue weighted by molar-refractivity contribution is 0.101. The molecule has 1 heterocycles. The Labute approximate surface area is 202 Å². The van der Waals surface area contributed by atoms with Crippen LogP contribution in [0.1, 0.15) is 21.7 Å². The lowest BCUT2D eigenvalue weighted by Crippen LogP contribution is -2.17. The van der Waals surface area contributed by atoms with E-state index in [2.05, 4.69) is 10.4 Å². The van der Waals surface area contributed by atoms with Crippen LogP contribution in [0.5, 0.6) is 0 Å². The van der Waals surface area contributed by atoms with Gasteiger partial charge in [0.2, 0.25) is 10.0 Å². The van der Waals surface area contributed by atoms with Crippen molar-refractivity contribution in [1.82, 2.24) is 9.78 Å². The Hall–Kier alpha value is -3.50. The average Bonchev–Trinajstić information content (AvgIpc) is 3.21.